The second-order valence-electron chi connectivity index (χ2n) is 4.28. The highest BCUT2D eigenvalue weighted by atomic mass is 31.2. The van der Waals surface area contributed by atoms with Crippen LogP contribution >= 0.6 is 7.47 Å². The Hall–Kier alpha value is 0.170. The summed E-state index contributed by atoms with van der Waals surface area (Å²) in [6.45, 7) is 1.74. The van der Waals surface area contributed by atoms with Gasteiger partial charge in [0.15, 0.2) is 0 Å². The van der Waals surface area contributed by atoms with Crippen molar-refractivity contribution in [3.8, 4) is 0 Å². The van der Waals surface area contributed by atoms with E-state index in [4.69, 9.17) is 29.2 Å². The molecule has 0 aromatic carbocycles. The summed E-state index contributed by atoms with van der Waals surface area (Å²) in [5, 5.41) is 0. The lowest BCUT2D eigenvalue weighted by molar-refractivity contribution is -0.0625. The van der Waals surface area contributed by atoms with Crippen LogP contribution in [0.15, 0.2) is 0 Å². The van der Waals surface area contributed by atoms with E-state index in [1.165, 1.54) is 0 Å². The van der Waals surface area contributed by atoms with Crippen LogP contribution in [0.2, 0.25) is 0 Å². The summed E-state index contributed by atoms with van der Waals surface area (Å²) in [6, 6.07) is -0.978. The van der Waals surface area contributed by atoms with Crippen molar-refractivity contribution in [2.75, 3.05) is 13.2 Å². The normalized spacial score (nSPS) is 54.0. The lowest BCUT2D eigenvalue weighted by atomic mass is 9.82. The topological polar surface area (TPSA) is 44.8 Å². The van der Waals surface area contributed by atoms with Crippen LogP contribution in [0.4, 0.5) is 4.39 Å². The molecule has 2 heterocycles. The molecule has 1 spiro atoms. The van der Waals surface area contributed by atoms with Crippen molar-refractivity contribution in [1.82, 2.24) is 0 Å². The molecule has 86 valence electrons. The van der Waals surface area contributed by atoms with Gasteiger partial charge in [0.2, 0.25) is 7.57 Å². The van der Waals surface area contributed by atoms with Gasteiger partial charge in [0.25, 0.3) is 7.47 Å². The second-order valence-corrected chi connectivity index (χ2v) is 5.87. The lowest BCUT2D eigenvalue weighted by Gasteiger charge is -2.30. The molecular formula is C8H12B2FO4P. The zero-order chi connectivity index (χ0) is 12.0. The third-order valence-electron chi connectivity index (χ3n) is 3.28. The minimum Gasteiger partial charge on any atom is -0.376 e. The van der Waals surface area contributed by atoms with Gasteiger partial charge >= 0.3 is 0 Å². The summed E-state index contributed by atoms with van der Waals surface area (Å²) in [4.78, 5) is 0. The van der Waals surface area contributed by atoms with Crippen LogP contribution in [0.1, 0.15) is 13.3 Å². The first-order valence-electron chi connectivity index (χ1n) is 5.11. The van der Waals surface area contributed by atoms with Gasteiger partial charge in [-0.2, -0.15) is 0 Å². The number of hydrogen-bond acceptors (Lipinski definition) is 4. The molecule has 0 bridgehead atoms. The van der Waals surface area contributed by atoms with Gasteiger partial charge in [0, 0.05) is 18.3 Å². The molecule has 2 unspecified atom stereocenters. The lowest BCUT2D eigenvalue weighted by Crippen LogP contribution is -2.40. The van der Waals surface area contributed by atoms with Crippen LogP contribution in [-0.4, -0.2) is 46.4 Å². The Morgan fingerprint density at radius 3 is 2.75 bits per heavy atom. The van der Waals surface area contributed by atoms with E-state index < -0.39 is 31.2 Å². The third-order valence-corrected chi connectivity index (χ3v) is 4.31. The molecule has 2 aliphatic rings. The van der Waals surface area contributed by atoms with Gasteiger partial charge in [-0.1, -0.05) is 6.92 Å². The summed E-state index contributed by atoms with van der Waals surface area (Å²) < 4.78 is 40.3. The number of hydrogen-bond donors (Lipinski definition) is 0. The third kappa shape index (κ3) is 2.10. The van der Waals surface area contributed by atoms with E-state index >= 15 is 0 Å². The predicted molar refractivity (Wildman–Crippen MR) is 57.3 cm³/mol. The molecule has 0 N–H and O–H groups in total. The first kappa shape index (κ1) is 12.6. The number of ether oxygens (including phenoxy) is 1. The zero-order valence-corrected chi connectivity index (χ0v) is 9.86. The van der Waals surface area contributed by atoms with E-state index in [1.807, 2.05) is 0 Å². The summed E-state index contributed by atoms with van der Waals surface area (Å²) in [5.74, 6) is -0.441. The van der Waals surface area contributed by atoms with Crippen molar-refractivity contribution in [2.45, 2.75) is 31.1 Å². The Morgan fingerprint density at radius 2 is 2.19 bits per heavy atom. The molecule has 4 radical (unpaired) electrons. The Morgan fingerprint density at radius 1 is 1.50 bits per heavy atom. The van der Waals surface area contributed by atoms with Crippen LogP contribution in [0.25, 0.3) is 0 Å². The first-order valence-corrected chi connectivity index (χ1v) is 6.73. The van der Waals surface area contributed by atoms with Crippen LogP contribution < -0.4 is 0 Å². The Balaban J connectivity index is 2.17. The molecule has 5 atom stereocenters. The van der Waals surface area contributed by atoms with Gasteiger partial charge < -0.3 is 13.8 Å². The largest absolute Gasteiger partial charge is 0.376 e. The fourth-order valence-corrected chi connectivity index (χ4v) is 2.94. The zero-order valence-electron chi connectivity index (χ0n) is 8.97. The summed E-state index contributed by atoms with van der Waals surface area (Å²) in [6.07, 6.45) is -0.900. The number of halogens is 1. The quantitative estimate of drug-likeness (QED) is 0.469. The van der Waals surface area contributed by atoms with Gasteiger partial charge in [-0.25, -0.2) is 4.39 Å². The van der Waals surface area contributed by atoms with Crippen LogP contribution in [0.3, 0.4) is 0 Å². The van der Waals surface area contributed by atoms with E-state index in [-0.39, 0.29) is 13.2 Å². The van der Waals surface area contributed by atoms with Crippen molar-refractivity contribution in [3.05, 3.63) is 0 Å². The first-order chi connectivity index (χ1) is 7.36. The molecule has 0 aliphatic carbocycles. The predicted octanol–water partition coefficient (Wildman–Crippen LogP) is 0.938. The summed E-state index contributed by atoms with van der Waals surface area (Å²) in [5.41, 5.74) is -0.885. The van der Waals surface area contributed by atoms with E-state index in [9.17, 15) is 8.96 Å². The molecule has 16 heavy (non-hydrogen) atoms. The molecule has 0 aromatic rings. The Labute approximate surface area is 96.5 Å². The minimum atomic E-state index is -3.52. The van der Waals surface area contributed by atoms with E-state index in [0.717, 1.165) is 0 Å². The molecule has 0 saturated carbocycles. The molecule has 4 nitrogen and oxygen atoms in total. The molecule has 2 saturated heterocycles. The van der Waals surface area contributed by atoms with Crippen molar-refractivity contribution >= 4 is 22.9 Å². The Bertz CT molecular complexity index is 331. The monoisotopic (exact) mass is 244 g/mol. The molecule has 0 amide bonds. The number of rotatable bonds is 0. The van der Waals surface area contributed by atoms with Crippen LogP contribution in [0, 0.1) is 5.92 Å². The molecule has 2 fully saturated rings. The van der Waals surface area contributed by atoms with Gasteiger partial charge in [0.1, 0.15) is 14.0 Å². The van der Waals surface area contributed by atoms with Gasteiger partial charge in [-0.3, -0.25) is 4.57 Å². The smallest absolute Gasteiger partial charge is 0.263 e. The van der Waals surface area contributed by atoms with Crippen molar-refractivity contribution in [1.29, 1.82) is 0 Å². The summed E-state index contributed by atoms with van der Waals surface area (Å²) >= 11 is 0. The van der Waals surface area contributed by atoms with Crippen LogP contribution in [0.5, 0.6) is 0 Å². The molecule has 0 aromatic heterocycles. The average Bonchev–Trinajstić information content (AvgIpc) is 2.37. The highest BCUT2D eigenvalue weighted by Gasteiger charge is 2.52. The fraction of sp³-hybridized carbons (Fsp3) is 1.00. The van der Waals surface area contributed by atoms with Gasteiger partial charge in [0.05, 0.1) is 18.8 Å². The highest BCUT2D eigenvalue weighted by Crippen LogP contribution is 2.50. The average molecular weight is 244 g/mol. The van der Waals surface area contributed by atoms with E-state index in [1.54, 1.807) is 6.92 Å². The summed E-state index contributed by atoms with van der Waals surface area (Å²) in [7, 11) is 7.26. The SMILES string of the molecule is [B][C@@H]1O[C@@]2(CCOP([B])(=O)OC2)[C@H](C)C1F. The molecule has 2 rings (SSSR count). The van der Waals surface area contributed by atoms with Crippen molar-refractivity contribution in [3.63, 3.8) is 0 Å². The van der Waals surface area contributed by atoms with Gasteiger partial charge in [-0.15, -0.1) is 0 Å². The maximum Gasteiger partial charge on any atom is 0.263 e. The fourth-order valence-electron chi connectivity index (χ4n) is 2.12. The van der Waals surface area contributed by atoms with Gasteiger partial charge in [-0.05, 0) is 0 Å². The molecular weight excluding hydrogens is 232 g/mol. The van der Waals surface area contributed by atoms with E-state index in [0.29, 0.717) is 6.42 Å². The number of alkyl halides is 1. The van der Waals surface area contributed by atoms with Crippen LogP contribution in [-0.2, 0) is 18.3 Å². The van der Waals surface area contributed by atoms with E-state index in [2.05, 4.69) is 0 Å². The standard InChI is InChI=1S/C8H12B2FO4P/c1-5-6(11)7(9)15-8(5)2-3-13-16(10,12)14-4-8/h5-7H,2-4H2,1H3/t5-,6?,7-,8-,16?/m1/s1. The maximum absolute atomic E-state index is 13.6. The Kier molecular flexibility index (Phi) is 3.26. The molecule has 8 heteroatoms. The van der Waals surface area contributed by atoms with Crippen molar-refractivity contribution < 1.29 is 22.7 Å². The highest BCUT2D eigenvalue weighted by molar-refractivity contribution is 7.79. The van der Waals surface area contributed by atoms with Crippen molar-refractivity contribution in [2.24, 2.45) is 5.92 Å². The molecule has 2 aliphatic heterocycles. The second kappa shape index (κ2) is 4.13. The minimum absolute atomic E-state index is 0.0595. The maximum atomic E-state index is 13.6.